The summed E-state index contributed by atoms with van der Waals surface area (Å²) in [4.78, 5) is 29.9. The lowest BCUT2D eigenvalue weighted by molar-refractivity contribution is 0.0593. The Bertz CT molecular complexity index is 660. The molecule has 1 atom stereocenters. The van der Waals surface area contributed by atoms with Crippen molar-refractivity contribution in [1.29, 1.82) is 0 Å². The zero-order chi connectivity index (χ0) is 14.3. The van der Waals surface area contributed by atoms with Crippen LogP contribution in [0.3, 0.4) is 0 Å². The SMILES string of the molecule is CC(c1ccc(N)cc1)N1C(=O)c2cccnc2C1=O. The van der Waals surface area contributed by atoms with Gasteiger partial charge in [-0.25, -0.2) is 0 Å². The average molecular weight is 267 g/mol. The van der Waals surface area contributed by atoms with Gasteiger partial charge in [-0.05, 0) is 36.8 Å². The number of nitrogen functional groups attached to an aromatic ring is 1. The second-order valence-corrected chi connectivity index (χ2v) is 4.72. The Morgan fingerprint density at radius 1 is 1.10 bits per heavy atom. The van der Waals surface area contributed by atoms with Crippen LogP contribution in [0.5, 0.6) is 0 Å². The summed E-state index contributed by atoms with van der Waals surface area (Å²) in [5, 5.41) is 0. The maximum absolute atomic E-state index is 12.3. The van der Waals surface area contributed by atoms with E-state index in [0.717, 1.165) is 5.56 Å². The van der Waals surface area contributed by atoms with Gasteiger partial charge in [0.25, 0.3) is 11.8 Å². The minimum Gasteiger partial charge on any atom is -0.399 e. The third-order valence-corrected chi connectivity index (χ3v) is 3.48. The van der Waals surface area contributed by atoms with Crippen LogP contribution in [0.4, 0.5) is 5.69 Å². The van der Waals surface area contributed by atoms with Crippen molar-refractivity contribution in [3.05, 3.63) is 59.4 Å². The number of aromatic nitrogens is 1. The van der Waals surface area contributed by atoms with E-state index < -0.39 is 0 Å². The average Bonchev–Trinajstić information content (AvgIpc) is 2.72. The predicted octanol–water partition coefficient (Wildman–Crippen LogP) is 2.02. The first-order valence-electron chi connectivity index (χ1n) is 6.28. The number of hydrogen-bond acceptors (Lipinski definition) is 4. The standard InChI is InChI=1S/C15H13N3O2/c1-9(10-4-6-11(16)7-5-10)18-14(19)12-3-2-8-17-13(12)15(18)20/h2-9H,16H2,1H3. The highest BCUT2D eigenvalue weighted by atomic mass is 16.2. The Labute approximate surface area is 116 Å². The van der Waals surface area contributed by atoms with Gasteiger partial charge < -0.3 is 5.73 Å². The molecule has 3 rings (SSSR count). The number of imide groups is 1. The number of nitrogens with two attached hydrogens (primary N) is 1. The van der Waals surface area contributed by atoms with Crippen LogP contribution < -0.4 is 5.73 Å². The highest BCUT2D eigenvalue weighted by Gasteiger charge is 2.39. The lowest BCUT2D eigenvalue weighted by Crippen LogP contribution is -2.32. The second-order valence-electron chi connectivity index (χ2n) is 4.72. The zero-order valence-electron chi connectivity index (χ0n) is 10.9. The number of hydrogen-bond donors (Lipinski definition) is 1. The molecule has 0 radical (unpaired) electrons. The molecule has 0 saturated heterocycles. The number of fused-ring (bicyclic) bond motifs is 1. The highest BCUT2D eigenvalue weighted by Crippen LogP contribution is 2.30. The molecule has 5 nitrogen and oxygen atoms in total. The number of nitrogens with zero attached hydrogens (tertiary/aromatic N) is 2. The number of anilines is 1. The summed E-state index contributed by atoms with van der Waals surface area (Å²) < 4.78 is 0. The van der Waals surface area contributed by atoms with E-state index in [1.165, 1.54) is 11.1 Å². The molecule has 1 aliphatic heterocycles. The van der Waals surface area contributed by atoms with Crippen molar-refractivity contribution in [2.24, 2.45) is 0 Å². The minimum atomic E-state index is -0.357. The molecule has 1 aromatic carbocycles. The molecule has 1 aromatic heterocycles. The molecule has 0 fully saturated rings. The molecule has 20 heavy (non-hydrogen) atoms. The van der Waals surface area contributed by atoms with Gasteiger partial charge in [0.15, 0.2) is 0 Å². The molecule has 1 unspecified atom stereocenters. The molecule has 2 amide bonds. The summed E-state index contributed by atoms with van der Waals surface area (Å²) >= 11 is 0. The molecular formula is C15H13N3O2. The third kappa shape index (κ3) is 1.75. The Hall–Kier alpha value is -2.69. The number of amides is 2. The summed E-state index contributed by atoms with van der Waals surface area (Å²) in [6, 6.07) is 10.1. The van der Waals surface area contributed by atoms with Crippen LogP contribution in [-0.4, -0.2) is 21.7 Å². The first-order valence-corrected chi connectivity index (χ1v) is 6.28. The Kier molecular flexibility index (Phi) is 2.75. The minimum absolute atomic E-state index is 0.222. The van der Waals surface area contributed by atoms with Crippen LogP contribution >= 0.6 is 0 Å². The smallest absolute Gasteiger partial charge is 0.280 e. The molecule has 0 saturated carbocycles. The summed E-state index contributed by atoms with van der Waals surface area (Å²) in [7, 11) is 0. The largest absolute Gasteiger partial charge is 0.399 e. The zero-order valence-corrected chi connectivity index (χ0v) is 10.9. The van der Waals surface area contributed by atoms with E-state index >= 15 is 0 Å². The summed E-state index contributed by atoms with van der Waals surface area (Å²) in [5.41, 5.74) is 7.73. The molecule has 0 aliphatic carbocycles. The predicted molar refractivity (Wildman–Crippen MR) is 74.0 cm³/mol. The Balaban J connectivity index is 1.98. The van der Waals surface area contributed by atoms with E-state index in [0.29, 0.717) is 11.3 Å². The van der Waals surface area contributed by atoms with Crippen molar-refractivity contribution in [2.45, 2.75) is 13.0 Å². The molecule has 2 N–H and O–H groups in total. The topological polar surface area (TPSA) is 76.3 Å². The van der Waals surface area contributed by atoms with Gasteiger partial charge in [0.2, 0.25) is 0 Å². The van der Waals surface area contributed by atoms with E-state index in [1.807, 2.05) is 19.1 Å². The molecule has 0 bridgehead atoms. The van der Waals surface area contributed by atoms with Gasteiger partial charge in [-0.3, -0.25) is 19.5 Å². The number of rotatable bonds is 2. The van der Waals surface area contributed by atoms with E-state index in [2.05, 4.69) is 4.98 Å². The molecule has 5 heteroatoms. The van der Waals surface area contributed by atoms with Crippen LogP contribution in [0.25, 0.3) is 0 Å². The fraction of sp³-hybridized carbons (Fsp3) is 0.133. The van der Waals surface area contributed by atoms with E-state index in [1.54, 1.807) is 24.3 Å². The lowest BCUT2D eigenvalue weighted by atomic mass is 10.1. The number of benzene rings is 1. The first kappa shape index (κ1) is 12.3. The molecule has 1 aliphatic rings. The van der Waals surface area contributed by atoms with Gasteiger partial charge in [0.1, 0.15) is 5.69 Å². The van der Waals surface area contributed by atoms with E-state index in [-0.39, 0.29) is 23.6 Å². The third-order valence-electron chi connectivity index (χ3n) is 3.48. The van der Waals surface area contributed by atoms with Crippen molar-refractivity contribution in [1.82, 2.24) is 9.88 Å². The lowest BCUT2D eigenvalue weighted by Gasteiger charge is -2.22. The molecule has 100 valence electrons. The van der Waals surface area contributed by atoms with Crippen LogP contribution in [0.2, 0.25) is 0 Å². The van der Waals surface area contributed by atoms with Crippen molar-refractivity contribution in [2.75, 3.05) is 5.73 Å². The summed E-state index contributed by atoms with van der Waals surface area (Å²) in [6.07, 6.45) is 1.52. The number of carbonyl (C=O) groups is 2. The van der Waals surface area contributed by atoms with Crippen molar-refractivity contribution in [3.63, 3.8) is 0 Å². The van der Waals surface area contributed by atoms with Gasteiger partial charge in [-0.15, -0.1) is 0 Å². The summed E-state index contributed by atoms with van der Waals surface area (Å²) in [5.74, 6) is -0.655. The van der Waals surface area contributed by atoms with Crippen LogP contribution in [0, 0.1) is 0 Å². The van der Waals surface area contributed by atoms with Gasteiger partial charge >= 0.3 is 0 Å². The Morgan fingerprint density at radius 3 is 2.45 bits per heavy atom. The van der Waals surface area contributed by atoms with Gasteiger partial charge in [-0.2, -0.15) is 0 Å². The fourth-order valence-corrected chi connectivity index (χ4v) is 2.36. The van der Waals surface area contributed by atoms with Crippen molar-refractivity contribution < 1.29 is 9.59 Å². The van der Waals surface area contributed by atoms with Crippen LogP contribution in [0.15, 0.2) is 42.6 Å². The van der Waals surface area contributed by atoms with Crippen LogP contribution in [-0.2, 0) is 0 Å². The number of carbonyl (C=O) groups excluding carboxylic acids is 2. The fourth-order valence-electron chi connectivity index (χ4n) is 2.36. The second kappa shape index (κ2) is 4.45. The quantitative estimate of drug-likeness (QED) is 0.667. The molecular weight excluding hydrogens is 254 g/mol. The van der Waals surface area contributed by atoms with Gasteiger partial charge in [0, 0.05) is 11.9 Å². The maximum atomic E-state index is 12.3. The van der Waals surface area contributed by atoms with Crippen molar-refractivity contribution >= 4 is 17.5 Å². The van der Waals surface area contributed by atoms with Crippen molar-refractivity contribution in [3.8, 4) is 0 Å². The highest BCUT2D eigenvalue weighted by molar-refractivity contribution is 6.20. The normalized spacial score (nSPS) is 15.3. The number of pyridine rings is 1. The van der Waals surface area contributed by atoms with E-state index in [9.17, 15) is 9.59 Å². The molecule has 0 spiro atoms. The summed E-state index contributed by atoms with van der Waals surface area (Å²) in [6.45, 7) is 1.81. The van der Waals surface area contributed by atoms with Gasteiger partial charge in [-0.1, -0.05) is 12.1 Å². The molecule has 2 aromatic rings. The van der Waals surface area contributed by atoms with E-state index in [4.69, 9.17) is 5.73 Å². The van der Waals surface area contributed by atoms with Gasteiger partial charge in [0.05, 0.1) is 11.6 Å². The van der Waals surface area contributed by atoms with Crippen LogP contribution in [0.1, 0.15) is 39.4 Å². The molecule has 2 heterocycles. The maximum Gasteiger partial charge on any atom is 0.280 e. The first-order chi connectivity index (χ1) is 9.59. The monoisotopic (exact) mass is 267 g/mol. The Morgan fingerprint density at radius 2 is 1.80 bits per heavy atom.